The molecule has 0 aromatic heterocycles. The molecule has 1 saturated carbocycles. The van der Waals surface area contributed by atoms with Crippen molar-refractivity contribution in [3.8, 4) is 0 Å². The van der Waals surface area contributed by atoms with Crippen LogP contribution in [-0.2, 0) is 0 Å². The molecule has 1 atom stereocenters. The van der Waals surface area contributed by atoms with E-state index in [1.165, 1.54) is 49.3 Å². The van der Waals surface area contributed by atoms with E-state index in [1.807, 2.05) is 11.8 Å². The molecule has 0 aromatic rings. The predicted molar refractivity (Wildman–Crippen MR) is 54.8 cm³/mol. The van der Waals surface area contributed by atoms with Crippen LogP contribution in [0.15, 0.2) is 5.10 Å². The molecule has 0 aromatic carbocycles. The number of hydrogen-bond donors (Lipinski definition) is 1. The van der Waals surface area contributed by atoms with E-state index in [0.717, 1.165) is 0 Å². The van der Waals surface area contributed by atoms with Gasteiger partial charge in [0.1, 0.15) is 0 Å². The second-order valence-corrected chi connectivity index (χ2v) is 4.72. The summed E-state index contributed by atoms with van der Waals surface area (Å²) < 4.78 is 0. The molecule has 12 heavy (non-hydrogen) atoms. The lowest BCUT2D eigenvalue weighted by Gasteiger charge is -2.07. The van der Waals surface area contributed by atoms with Gasteiger partial charge in [-0.2, -0.15) is 16.9 Å². The summed E-state index contributed by atoms with van der Waals surface area (Å²) in [4.78, 5) is 0. The largest absolute Gasteiger partial charge is 0.306 e. The van der Waals surface area contributed by atoms with Crippen molar-refractivity contribution in [2.45, 2.75) is 38.1 Å². The highest BCUT2D eigenvalue weighted by Gasteiger charge is 2.15. The molecule has 68 valence electrons. The van der Waals surface area contributed by atoms with Crippen molar-refractivity contribution in [1.82, 2.24) is 5.43 Å². The minimum Gasteiger partial charge on any atom is -0.306 e. The molecule has 1 aliphatic carbocycles. The summed E-state index contributed by atoms with van der Waals surface area (Å²) in [5, 5.41) is 4.46. The van der Waals surface area contributed by atoms with Gasteiger partial charge in [0.25, 0.3) is 0 Å². The van der Waals surface area contributed by atoms with Crippen molar-refractivity contribution in [3.63, 3.8) is 0 Å². The van der Waals surface area contributed by atoms with E-state index in [2.05, 4.69) is 10.5 Å². The van der Waals surface area contributed by atoms with Gasteiger partial charge in [-0.1, -0.05) is 0 Å². The van der Waals surface area contributed by atoms with Gasteiger partial charge in [-0.15, -0.1) is 0 Å². The Bertz CT molecular complexity index is 165. The van der Waals surface area contributed by atoms with Gasteiger partial charge in [-0.25, -0.2) is 0 Å². The summed E-state index contributed by atoms with van der Waals surface area (Å²) in [6.45, 7) is 0. The number of rotatable bonds is 2. The quantitative estimate of drug-likeness (QED) is 0.664. The zero-order valence-corrected chi connectivity index (χ0v) is 8.20. The lowest BCUT2D eigenvalue weighted by atomic mass is 10.3. The highest BCUT2D eigenvalue weighted by Crippen LogP contribution is 2.18. The molecule has 1 saturated heterocycles. The average molecular weight is 184 g/mol. The Balaban J connectivity index is 1.75. The molecule has 0 bridgehead atoms. The summed E-state index contributed by atoms with van der Waals surface area (Å²) in [7, 11) is 0. The normalized spacial score (nSPS) is 29.3. The lowest BCUT2D eigenvalue weighted by Crippen LogP contribution is -2.24. The van der Waals surface area contributed by atoms with Crippen molar-refractivity contribution < 1.29 is 0 Å². The fourth-order valence-corrected chi connectivity index (χ4v) is 2.86. The average Bonchev–Trinajstić information content (AvgIpc) is 2.74. The third-order valence-electron chi connectivity index (χ3n) is 2.52. The molecule has 2 aliphatic rings. The monoisotopic (exact) mass is 184 g/mol. The SMILES string of the molecule is C1CCC(=NNC2CCSC2)C1. The zero-order valence-electron chi connectivity index (χ0n) is 7.38. The van der Waals surface area contributed by atoms with Crippen molar-refractivity contribution in [1.29, 1.82) is 0 Å². The third-order valence-corrected chi connectivity index (χ3v) is 3.68. The standard InChI is InChI=1S/C9H16N2S/c1-2-4-8(3-1)10-11-9-5-6-12-7-9/h9,11H,1-7H2. The highest BCUT2D eigenvalue weighted by molar-refractivity contribution is 7.99. The summed E-state index contributed by atoms with van der Waals surface area (Å²) in [6, 6.07) is 0.656. The molecule has 0 spiro atoms. The fraction of sp³-hybridized carbons (Fsp3) is 0.889. The van der Waals surface area contributed by atoms with Crippen molar-refractivity contribution in [2.24, 2.45) is 5.10 Å². The third kappa shape index (κ3) is 2.16. The maximum Gasteiger partial charge on any atom is 0.0538 e. The van der Waals surface area contributed by atoms with Gasteiger partial charge in [0, 0.05) is 11.5 Å². The molecular formula is C9H16N2S. The first-order chi connectivity index (χ1) is 5.95. The first-order valence-corrected chi connectivity index (χ1v) is 5.99. The van der Waals surface area contributed by atoms with E-state index in [1.54, 1.807) is 0 Å². The van der Waals surface area contributed by atoms with Crippen LogP contribution < -0.4 is 5.43 Å². The first-order valence-electron chi connectivity index (χ1n) is 4.84. The van der Waals surface area contributed by atoms with Crippen LogP contribution in [0.5, 0.6) is 0 Å². The van der Waals surface area contributed by atoms with Crippen LogP contribution >= 0.6 is 11.8 Å². The van der Waals surface area contributed by atoms with E-state index in [4.69, 9.17) is 0 Å². The molecule has 2 fully saturated rings. The van der Waals surface area contributed by atoms with Crippen LogP contribution in [0.1, 0.15) is 32.1 Å². The molecule has 0 radical (unpaired) electrons. The Kier molecular flexibility index (Phi) is 2.93. The maximum absolute atomic E-state index is 4.46. The summed E-state index contributed by atoms with van der Waals surface area (Å²) in [5.41, 5.74) is 4.69. The summed E-state index contributed by atoms with van der Waals surface area (Å²) in [5.74, 6) is 2.55. The topological polar surface area (TPSA) is 24.4 Å². The molecule has 2 rings (SSSR count). The molecule has 1 unspecified atom stereocenters. The second-order valence-electron chi connectivity index (χ2n) is 3.57. The Morgan fingerprint density at radius 1 is 1.33 bits per heavy atom. The van der Waals surface area contributed by atoms with Gasteiger partial charge >= 0.3 is 0 Å². The van der Waals surface area contributed by atoms with Gasteiger partial charge in [0.05, 0.1) is 6.04 Å². The minimum absolute atomic E-state index is 0.656. The maximum atomic E-state index is 4.46. The molecule has 1 aliphatic heterocycles. The number of thioether (sulfide) groups is 1. The van der Waals surface area contributed by atoms with Crippen LogP contribution in [0.3, 0.4) is 0 Å². The summed E-state index contributed by atoms with van der Waals surface area (Å²) in [6.07, 6.45) is 6.45. The fourth-order valence-electron chi connectivity index (χ4n) is 1.71. The van der Waals surface area contributed by atoms with Gasteiger partial charge in [-0.05, 0) is 37.9 Å². The van der Waals surface area contributed by atoms with E-state index in [0.29, 0.717) is 6.04 Å². The van der Waals surface area contributed by atoms with Crippen molar-refractivity contribution >= 4 is 17.5 Å². The molecule has 1 heterocycles. The first kappa shape index (κ1) is 8.42. The number of nitrogens with one attached hydrogen (secondary N) is 1. The van der Waals surface area contributed by atoms with Crippen molar-refractivity contribution in [2.75, 3.05) is 11.5 Å². The second kappa shape index (κ2) is 4.17. The highest BCUT2D eigenvalue weighted by atomic mass is 32.2. The lowest BCUT2D eigenvalue weighted by molar-refractivity contribution is 0.582. The van der Waals surface area contributed by atoms with E-state index in [-0.39, 0.29) is 0 Å². The molecule has 2 nitrogen and oxygen atoms in total. The van der Waals surface area contributed by atoms with Crippen LogP contribution in [0.4, 0.5) is 0 Å². The Morgan fingerprint density at radius 2 is 2.17 bits per heavy atom. The number of hydrogen-bond acceptors (Lipinski definition) is 3. The Labute approximate surface area is 78.2 Å². The minimum atomic E-state index is 0.656. The molecular weight excluding hydrogens is 168 g/mol. The van der Waals surface area contributed by atoms with Crippen LogP contribution in [0.25, 0.3) is 0 Å². The van der Waals surface area contributed by atoms with Gasteiger partial charge < -0.3 is 5.43 Å². The number of hydrazone groups is 1. The molecule has 0 amide bonds. The van der Waals surface area contributed by atoms with Crippen LogP contribution in [0.2, 0.25) is 0 Å². The Hall–Kier alpha value is -0.180. The smallest absolute Gasteiger partial charge is 0.0538 e. The van der Waals surface area contributed by atoms with E-state index < -0.39 is 0 Å². The number of nitrogens with zero attached hydrogens (tertiary/aromatic N) is 1. The molecule has 1 N–H and O–H groups in total. The van der Waals surface area contributed by atoms with Gasteiger partial charge in [-0.3, -0.25) is 0 Å². The molecule has 3 heteroatoms. The predicted octanol–water partition coefficient (Wildman–Crippen LogP) is 2.01. The van der Waals surface area contributed by atoms with E-state index >= 15 is 0 Å². The van der Waals surface area contributed by atoms with Crippen molar-refractivity contribution in [3.05, 3.63) is 0 Å². The Morgan fingerprint density at radius 3 is 2.83 bits per heavy atom. The van der Waals surface area contributed by atoms with Crippen LogP contribution in [0, 0.1) is 0 Å². The van der Waals surface area contributed by atoms with Gasteiger partial charge in [0.2, 0.25) is 0 Å². The summed E-state index contributed by atoms with van der Waals surface area (Å²) >= 11 is 2.03. The van der Waals surface area contributed by atoms with Crippen LogP contribution in [-0.4, -0.2) is 23.3 Å². The van der Waals surface area contributed by atoms with Gasteiger partial charge in [0.15, 0.2) is 0 Å². The van der Waals surface area contributed by atoms with E-state index in [9.17, 15) is 0 Å². The zero-order chi connectivity index (χ0) is 8.23.